The molecule has 0 aliphatic rings. The molecule has 5 heteroatoms. The summed E-state index contributed by atoms with van der Waals surface area (Å²) in [6.45, 7) is 10.9. The van der Waals surface area contributed by atoms with Crippen LogP contribution in [0, 0.1) is 18.8 Å². The number of hydrogen-bond acceptors (Lipinski definition) is 3. The lowest BCUT2D eigenvalue weighted by Crippen LogP contribution is -2.43. The molecule has 0 bridgehead atoms. The summed E-state index contributed by atoms with van der Waals surface area (Å²) in [5.41, 5.74) is 1.15. The number of anilines is 1. The number of carbonyl (C=O) groups excluding carboxylic acids is 2. The third-order valence-corrected chi connectivity index (χ3v) is 3.05. The van der Waals surface area contributed by atoms with Gasteiger partial charge in [0.1, 0.15) is 5.75 Å². The fourth-order valence-corrected chi connectivity index (χ4v) is 2.19. The lowest BCUT2D eigenvalue weighted by molar-refractivity contribution is -0.143. The summed E-state index contributed by atoms with van der Waals surface area (Å²) in [6.07, 6.45) is 0. The minimum Gasteiger partial charge on any atom is -0.506 e. The van der Waals surface area contributed by atoms with Crippen LogP contribution in [0.15, 0.2) is 18.2 Å². The van der Waals surface area contributed by atoms with Crippen LogP contribution in [0.4, 0.5) is 5.69 Å². The van der Waals surface area contributed by atoms with Crippen LogP contribution >= 0.6 is 0 Å². The van der Waals surface area contributed by atoms with Crippen molar-refractivity contribution < 1.29 is 14.7 Å². The number of amides is 2. The number of phenolic OH excluding ortho intramolecular Hbond substituents is 1. The first-order valence-corrected chi connectivity index (χ1v) is 7.60. The summed E-state index contributed by atoms with van der Waals surface area (Å²) >= 11 is 0. The fourth-order valence-electron chi connectivity index (χ4n) is 2.19. The van der Waals surface area contributed by atoms with Crippen molar-refractivity contribution in [3.05, 3.63) is 23.8 Å². The molecule has 1 rings (SSSR count). The lowest BCUT2D eigenvalue weighted by Gasteiger charge is -2.25. The predicted octanol–water partition coefficient (Wildman–Crippen LogP) is 2.78. The average Bonchev–Trinajstić information content (AvgIpc) is 2.40. The van der Waals surface area contributed by atoms with Gasteiger partial charge in [-0.05, 0) is 36.5 Å². The van der Waals surface area contributed by atoms with Crippen LogP contribution in [0.2, 0.25) is 0 Å². The number of phenols is 1. The highest BCUT2D eigenvalue weighted by Crippen LogP contribution is 2.23. The molecule has 1 aromatic rings. The Morgan fingerprint density at radius 1 is 1.14 bits per heavy atom. The summed E-state index contributed by atoms with van der Waals surface area (Å²) in [6, 6.07) is 4.86. The van der Waals surface area contributed by atoms with E-state index in [1.165, 1.54) is 6.07 Å². The van der Waals surface area contributed by atoms with E-state index in [1.807, 2.05) is 34.6 Å². The minimum atomic E-state index is -0.720. The molecule has 0 aliphatic carbocycles. The number of hydrogen-bond donors (Lipinski definition) is 2. The maximum Gasteiger partial charge on any atom is 0.314 e. The highest BCUT2D eigenvalue weighted by Gasteiger charge is 2.24. The Hall–Kier alpha value is -2.04. The van der Waals surface area contributed by atoms with Crippen molar-refractivity contribution in [2.24, 2.45) is 11.8 Å². The van der Waals surface area contributed by atoms with Gasteiger partial charge in [0.2, 0.25) is 0 Å². The molecule has 0 aromatic heterocycles. The smallest absolute Gasteiger partial charge is 0.314 e. The zero-order valence-corrected chi connectivity index (χ0v) is 14.0. The number of nitrogens with one attached hydrogen (secondary N) is 1. The Morgan fingerprint density at radius 2 is 1.68 bits per heavy atom. The van der Waals surface area contributed by atoms with E-state index in [0.717, 1.165) is 5.56 Å². The molecule has 0 fully saturated rings. The van der Waals surface area contributed by atoms with Crippen molar-refractivity contribution in [3.8, 4) is 5.75 Å². The number of carbonyl (C=O) groups is 2. The van der Waals surface area contributed by atoms with E-state index in [1.54, 1.807) is 17.0 Å². The molecule has 0 unspecified atom stereocenters. The third kappa shape index (κ3) is 5.39. The van der Waals surface area contributed by atoms with Gasteiger partial charge in [-0.3, -0.25) is 9.59 Å². The molecule has 1 aromatic carbocycles. The summed E-state index contributed by atoms with van der Waals surface area (Å²) in [5.74, 6) is -0.776. The Morgan fingerprint density at radius 3 is 2.18 bits per heavy atom. The van der Waals surface area contributed by atoms with E-state index in [4.69, 9.17) is 0 Å². The molecule has 0 spiro atoms. The number of benzene rings is 1. The quantitative estimate of drug-likeness (QED) is 0.649. The standard InChI is InChI=1S/C17H26N2O3/c1-11(2)9-19(10-12(3)4)17(22)16(21)18-14-8-13(5)6-7-15(14)20/h6-8,11-12,20H,9-10H2,1-5H3,(H,18,21). The van der Waals surface area contributed by atoms with Crippen molar-refractivity contribution >= 4 is 17.5 Å². The molecule has 0 aliphatic heterocycles. The normalized spacial score (nSPS) is 10.9. The summed E-state index contributed by atoms with van der Waals surface area (Å²) in [5, 5.41) is 12.3. The first-order valence-electron chi connectivity index (χ1n) is 7.60. The molecule has 0 atom stereocenters. The molecule has 5 nitrogen and oxygen atoms in total. The monoisotopic (exact) mass is 306 g/mol. The zero-order chi connectivity index (χ0) is 16.9. The van der Waals surface area contributed by atoms with Gasteiger partial charge in [0.05, 0.1) is 5.69 Å². The summed E-state index contributed by atoms with van der Waals surface area (Å²) < 4.78 is 0. The number of aryl methyl sites for hydroxylation is 1. The van der Waals surface area contributed by atoms with Gasteiger partial charge in [0, 0.05) is 13.1 Å². The first kappa shape index (κ1) is 18.0. The van der Waals surface area contributed by atoms with Crippen LogP contribution in [0.1, 0.15) is 33.3 Å². The number of nitrogens with zero attached hydrogens (tertiary/aromatic N) is 1. The van der Waals surface area contributed by atoms with Gasteiger partial charge in [-0.1, -0.05) is 33.8 Å². The number of aromatic hydroxyl groups is 1. The zero-order valence-electron chi connectivity index (χ0n) is 14.0. The second-order valence-electron chi connectivity index (χ2n) is 6.47. The highest BCUT2D eigenvalue weighted by atomic mass is 16.3. The van der Waals surface area contributed by atoms with Crippen LogP contribution in [-0.2, 0) is 9.59 Å². The molecule has 0 saturated carbocycles. The van der Waals surface area contributed by atoms with Crippen LogP contribution in [0.5, 0.6) is 5.75 Å². The van der Waals surface area contributed by atoms with Gasteiger partial charge in [-0.2, -0.15) is 0 Å². The van der Waals surface area contributed by atoms with Crippen molar-refractivity contribution in [2.45, 2.75) is 34.6 Å². The second-order valence-corrected chi connectivity index (χ2v) is 6.47. The Kier molecular flexibility index (Phi) is 6.40. The number of rotatable bonds is 5. The average molecular weight is 306 g/mol. The third-order valence-electron chi connectivity index (χ3n) is 3.05. The van der Waals surface area contributed by atoms with Crippen LogP contribution in [-0.4, -0.2) is 34.9 Å². The molecular formula is C17H26N2O3. The Balaban J connectivity index is 2.84. The maximum absolute atomic E-state index is 12.3. The first-order chi connectivity index (χ1) is 10.2. The molecular weight excluding hydrogens is 280 g/mol. The van der Waals surface area contributed by atoms with Gasteiger partial charge in [-0.15, -0.1) is 0 Å². The van der Waals surface area contributed by atoms with E-state index >= 15 is 0 Å². The van der Waals surface area contributed by atoms with Gasteiger partial charge in [-0.25, -0.2) is 0 Å². The molecule has 22 heavy (non-hydrogen) atoms. The van der Waals surface area contributed by atoms with Gasteiger partial charge in [0.15, 0.2) is 0 Å². The molecule has 2 N–H and O–H groups in total. The van der Waals surface area contributed by atoms with Crippen LogP contribution in [0.25, 0.3) is 0 Å². The van der Waals surface area contributed by atoms with Crippen LogP contribution < -0.4 is 5.32 Å². The molecule has 0 saturated heterocycles. The Labute approximate surface area is 132 Å². The second kappa shape index (κ2) is 7.82. The maximum atomic E-state index is 12.3. The van der Waals surface area contributed by atoms with Crippen molar-refractivity contribution in [1.29, 1.82) is 0 Å². The van der Waals surface area contributed by atoms with E-state index in [0.29, 0.717) is 13.1 Å². The SMILES string of the molecule is Cc1ccc(O)c(NC(=O)C(=O)N(CC(C)C)CC(C)C)c1. The lowest BCUT2D eigenvalue weighted by atomic mass is 10.1. The van der Waals surface area contributed by atoms with E-state index < -0.39 is 11.8 Å². The fraction of sp³-hybridized carbons (Fsp3) is 0.529. The predicted molar refractivity (Wildman–Crippen MR) is 87.7 cm³/mol. The molecule has 122 valence electrons. The van der Waals surface area contributed by atoms with Gasteiger partial charge < -0.3 is 15.3 Å². The van der Waals surface area contributed by atoms with Gasteiger partial charge >= 0.3 is 11.8 Å². The largest absolute Gasteiger partial charge is 0.506 e. The topological polar surface area (TPSA) is 69.6 Å². The van der Waals surface area contributed by atoms with E-state index in [2.05, 4.69) is 5.32 Å². The molecule has 0 radical (unpaired) electrons. The van der Waals surface area contributed by atoms with Crippen molar-refractivity contribution in [1.82, 2.24) is 4.90 Å². The van der Waals surface area contributed by atoms with Crippen LogP contribution in [0.3, 0.4) is 0 Å². The molecule has 2 amide bonds. The van der Waals surface area contributed by atoms with Gasteiger partial charge in [0.25, 0.3) is 0 Å². The summed E-state index contributed by atoms with van der Waals surface area (Å²) in [7, 11) is 0. The minimum absolute atomic E-state index is 0.0500. The highest BCUT2D eigenvalue weighted by molar-refractivity contribution is 6.39. The van der Waals surface area contributed by atoms with Crippen molar-refractivity contribution in [3.63, 3.8) is 0 Å². The summed E-state index contributed by atoms with van der Waals surface area (Å²) in [4.78, 5) is 26.1. The van der Waals surface area contributed by atoms with E-state index in [9.17, 15) is 14.7 Å². The Bertz CT molecular complexity index is 529. The van der Waals surface area contributed by atoms with E-state index in [-0.39, 0.29) is 23.3 Å². The molecule has 0 heterocycles. The van der Waals surface area contributed by atoms with Crippen molar-refractivity contribution in [2.75, 3.05) is 18.4 Å².